The van der Waals surface area contributed by atoms with Gasteiger partial charge in [0.1, 0.15) is 0 Å². The van der Waals surface area contributed by atoms with E-state index in [0.717, 1.165) is 17.8 Å². The van der Waals surface area contributed by atoms with Crippen LogP contribution in [-0.4, -0.2) is 6.34 Å². The van der Waals surface area contributed by atoms with Gasteiger partial charge in [0.05, 0.1) is 17.6 Å². The summed E-state index contributed by atoms with van der Waals surface area (Å²) in [7, 11) is 0. The van der Waals surface area contributed by atoms with Gasteiger partial charge in [0.25, 0.3) is 0 Å². The fourth-order valence-electron chi connectivity index (χ4n) is 1.22. The van der Waals surface area contributed by atoms with Gasteiger partial charge < -0.3 is 5.73 Å². The minimum atomic E-state index is -4.97. The summed E-state index contributed by atoms with van der Waals surface area (Å²) < 4.78 is 63.7. The lowest BCUT2D eigenvalue weighted by atomic mass is 10.1. The standard InChI is InChI=1S/C10H7F5N2S/c11-8-5(7(3-18)17-4-16)1-2-6(9(8)12)10(13,14)15/h1-4,18H,(H2,16,17)/b7-3-. The summed E-state index contributed by atoms with van der Waals surface area (Å²) in [5.74, 6) is -3.64. The van der Waals surface area contributed by atoms with E-state index in [2.05, 4.69) is 17.6 Å². The van der Waals surface area contributed by atoms with E-state index < -0.39 is 28.9 Å². The average Bonchev–Trinajstić information content (AvgIpc) is 2.28. The van der Waals surface area contributed by atoms with E-state index >= 15 is 0 Å². The van der Waals surface area contributed by atoms with Gasteiger partial charge in [0.2, 0.25) is 0 Å². The van der Waals surface area contributed by atoms with Crippen LogP contribution in [0.25, 0.3) is 5.70 Å². The second-order valence-electron chi connectivity index (χ2n) is 3.08. The first-order valence-electron chi connectivity index (χ1n) is 4.47. The molecule has 0 aliphatic heterocycles. The molecule has 2 N–H and O–H groups in total. The largest absolute Gasteiger partial charge is 0.419 e. The van der Waals surface area contributed by atoms with E-state index in [-0.39, 0.29) is 5.70 Å². The Balaban J connectivity index is 3.41. The topological polar surface area (TPSA) is 38.4 Å². The smallest absolute Gasteiger partial charge is 0.390 e. The lowest BCUT2D eigenvalue weighted by Crippen LogP contribution is -2.10. The molecule has 0 amide bonds. The third-order valence-corrected chi connectivity index (χ3v) is 2.24. The van der Waals surface area contributed by atoms with Gasteiger partial charge >= 0.3 is 6.18 Å². The van der Waals surface area contributed by atoms with E-state index in [1.165, 1.54) is 0 Å². The van der Waals surface area contributed by atoms with Crippen LogP contribution in [0.15, 0.2) is 22.5 Å². The molecule has 0 radical (unpaired) electrons. The summed E-state index contributed by atoms with van der Waals surface area (Å²) in [4.78, 5) is 3.46. The molecule has 0 saturated heterocycles. The van der Waals surface area contributed by atoms with E-state index in [1.807, 2.05) is 0 Å². The molecule has 0 bridgehead atoms. The number of halogens is 5. The summed E-state index contributed by atoms with van der Waals surface area (Å²) in [6.07, 6.45) is -4.18. The molecule has 0 unspecified atom stereocenters. The van der Waals surface area contributed by atoms with Crippen molar-refractivity contribution in [2.75, 3.05) is 0 Å². The molecule has 2 nitrogen and oxygen atoms in total. The van der Waals surface area contributed by atoms with Crippen molar-refractivity contribution in [3.63, 3.8) is 0 Å². The molecule has 0 aliphatic carbocycles. The van der Waals surface area contributed by atoms with Gasteiger partial charge in [-0.05, 0) is 17.5 Å². The number of hydrogen-bond acceptors (Lipinski definition) is 2. The lowest BCUT2D eigenvalue weighted by molar-refractivity contribution is -0.140. The van der Waals surface area contributed by atoms with Gasteiger partial charge in [0, 0.05) is 5.56 Å². The van der Waals surface area contributed by atoms with Gasteiger partial charge in [-0.25, -0.2) is 13.8 Å². The van der Waals surface area contributed by atoms with Crippen LogP contribution in [-0.2, 0) is 6.18 Å². The highest BCUT2D eigenvalue weighted by molar-refractivity contribution is 7.83. The highest BCUT2D eigenvalue weighted by Gasteiger charge is 2.36. The number of nitrogens with zero attached hydrogens (tertiary/aromatic N) is 1. The number of benzene rings is 1. The Morgan fingerprint density at radius 1 is 1.22 bits per heavy atom. The quantitative estimate of drug-likeness (QED) is 0.372. The Labute approximate surface area is 104 Å². The minimum absolute atomic E-state index is 0.189. The van der Waals surface area contributed by atoms with Crippen molar-refractivity contribution in [2.45, 2.75) is 6.18 Å². The normalized spacial score (nSPS) is 13.3. The molecular formula is C10H7F5N2S. The molecule has 1 aromatic rings. The molecule has 1 rings (SSSR count). The molecule has 0 heterocycles. The van der Waals surface area contributed by atoms with Crippen molar-refractivity contribution >= 4 is 24.7 Å². The van der Waals surface area contributed by atoms with Crippen LogP contribution < -0.4 is 5.73 Å². The summed E-state index contributed by atoms with van der Waals surface area (Å²) >= 11 is 3.68. The molecule has 98 valence electrons. The molecule has 8 heteroatoms. The van der Waals surface area contributed by atoms with Crippen molar-refractivity contribution in [3.8, 4) is 0 Å². The van der Waals surface area contributed by atoms with E-state index in [1.54, 1.807) is 0 Å². The second-order valence-corrected chi connectivity index (χ2v) is 3.34. The SMILES string of the molecule is NC=N/C(=C\S)c1ccc(C(F)(F)F)c(F)c1F. The van der Waals surface area contributed by atoms with Crippen LogP contribution in [0.5, 0.6) is 0 Å². The third kappa shape index (κ3) is 2.81. The van der Waals surface area contributed by atoms with Crippen molar-refractivity contribution in [3.05, 3.63) is 40.3 Å². The zero-order valence-electron chi connectivity index (χ0n) is 8.67. The van der Waals surface area contributed by atoms with Crippen LogP contribution in [0.2, 0.25) is 0 Å². The van der Waals surface area contributed by atoms with Crippen molar-refractivity contribution in [1.82, 2.24) is 0 Å². The maximum atomic E-state index is 13.5. The molecule has 1 aromatic carbocycles. The summed E-state index contributed by atoms with van der Waals surface area (Å²) in [5, 5.41) is 0.995. The first-order valence-corrected chi connectivity index (χ1v) is 4.98. The Kier molecular flexibility index (Phi) is 4.33. The molecule has 18 heavy (non-hydrogen) atoms. The molecule has 0 atom stereocenters. The first kappa shape index (κ1) is 14.5. The van der Waals surface area contributed by atoms with Crippen molar-refractivity contribution in [1.29, 1.82) is 0 Å². The third-order valence-electron chi connectivity index (χ3n) is 2.00. The maximum absolute atomic E-state index is 13.5. The van der Waals surface area contributed by atoms with Gasteiger partial charge in [-0.1, -0.05) is 0 Å². The number of rotatable bonds is 2. The molecule has 0 saturated carbocycles. The van der Waals surface area contributed by atoms with Crippen molar-refractivity contribution < 1.29 is 22.0 Å². The number of nitrogens with two attached hydrogens (primary N) is 1. The zero-order valence-corrected chi connectivity index (χ0v) is 9.57. The van der Waals surface area contributed by atoms with Gasteiger partial charge in [-0.3, -0.25) is 0 Å². The number of alkyl halides is 3. The fraction of sp³-hybridized carbons (Fsp3) is 0.100. The van der Waals surface area contributed by atoms with E-state index in [0.29, 0.717) is 6.07 Å². The number of hydrogen-bond donors (Lipinski definition) is 2. The lowest BCUT2D eigenvalue weighted by Gasteiger charge is -2.11. The molecule has 0 spiro atoms. The monoisotopic (exact) mass is 282 g/mol. The number of aliphatic imine (C=N–C) groups is 1. The van der Waals surface area contributed by atoms with Crippen LogP contribution in [0.4, 0.5) is 22.0 Å². The highest BCUT2D eigenvalue weighted by atomic mass is 32.1. The average molecular weight is 282 g/mol. The maximum Gasteiger partial charge on any atom is 0.419 e. The highest BCUT2D eigenvalue weighted by Crippen LogP contribution is 2.34. The van der Waals surface area contributed by atoms with Gasteiger partial charge in [-0.2, -0.15) is 13.2 Å². The van der Waals surface area contributed by atoms with Gasteiger partial charge in [-0.15, -0.1) is 12.6 Å². The van der Waals surface area contributed by atoms with Crippen LogP contribution in [0, 0.1) is 11.6 Å². The molecule has 0 aromatic heterocycles. The molecular weight excluding hydrogens is 275 g/mol. The molecule has 0 fully saturated rings. The van der Waals surface area contributed by atoms with Gasteiger partial charge in [0.15, 0.2) is 11.6 Å². The Morgan fingerprint density at radius 3 is 2.28 bits per heavy atom. The van der Waals surface area contributed by atoms with E-state index in [9.17, 15) is 22.0 Å². The fourth-order valence-corrected chi connectivity index (χ4v) is 1.42. The summed E-state index contributed by atoms with van der Waals surface area (Å²) in [6.45, 7) is 0. The van der Waals surface area contributed by atoms with Crippen LogP contribution >= 0.6 is 12.6 Å². The predicted octanol–water partition coefficient (Wildman–Crippen LogP) is 3.20. The van der Waals surface area contributed by atoms with Crippen LogP contribution in [0.3, 0.4) is 0 Å². The van der Waals surface area contributed by atoms with E-state index in [4.69, 9.17) is 5.73 Å². The van der Waals surface area contributed by atoms with Crippen LogP contribution in [0.1, 0.15) is 11.1 Å². The Morgan fingerprint density at radius 2 is 1.83 bits per heavy atom. The summed E-state index contributed by atoms with van der Waals surface area (Å²) in [6, 6.07) is 1.19. The zero-order chi connectivity index (χ0) is 13.9. The Hall–Kier alpha value is -1.57. The first-order chi connectivity index (χ1) is 8.32. The predicted molar refractivity (Wildman–Crippen MR) is 61.0 cm³/mol. The Bertz CT molecular complexity index is 508. The molecule has 0 aliphatic rings. The minimum Gasteiger partial charge on any atom is -0.390 e. The summed E-state index contributed by atoms with van der Waals surface area (Å²) in [5.41, 5.74) is 2.64. The second kappa shape index (κ2) is 5.38. The number of thiol groups is 1. The van der Waals surface area contributed by atoms with Crippen molar-refractivity contribution in [2.24, 2.45) is 10.7 Å².